The molecule has 3 atom stereocenters. The maximum absolute atomic E-state index is 11.0. The zero-order valence-electron chi connectivity index (χ0n) is 8.01. The highest BCUT2D eigenvalue weighted by Crippen LogP contribution is 2.53. The van der Waals surface area contributed by atoms with Gasteiger partial charge in [0, 0.05) is 23.4 Å². The van der Waals surface area contributed by atoms with Crippen LogP contribution < -0.4 is 10.5 Å². The van der Waals surface area contributed by atoms with Crippen molar-refractivity contribution in [2.24, 2.45) is 11.7 Å². The van der Waals surface area contributed by atoms with Crippen molar-refractivity contribution in [2.45, 2.75) is 12.0 Å². The van der Waals surface area contributed by atoms with Crippen LogP contribution in [0.2, 0.25) is 0 Å². The third kappa shape index (κ3) is 1.08. The van der Waals surface area contributed by atoms with Gasteiger partial charge in [-0.25, -0.2) is 4.79 Å². The largest absolute Gasteiger partial charge is 0.492 e. The van der Waals surface area contributed by atoms with Gasteiger partial charge in [-0.3, -0.25) is 0 Å². The molecule has 15 heavy (non-hydrogen) atoms. The highest BCUT2D eigenvalue weighted by molar-refractivity contribution is 5.91. The van der Waals surface area contributed by atoms with Crippen molar-refractivity contribution in [3.05, 3.63) is 29.3 Å². The number of carboxylic acids is 1. The normalized spacial score (nSPS) is 31.1. The molecule has 3 N–H and O–H groups in total. The van der Waals surface area contributed by atoms with Crippen molar-refractivity contribution in [1.82, 2.24) is 0 Å². The molecule has 4 heteroatoms. The van der Waals surface area contributed by atoms with Crippen molar-refractivity contribution in [1.29, 1.82) is 0 Å². The van der Waals surface area contributed by atoms with Crippen LogP contribution in [0.5, 0.6) is 5.75 Å². The summed E-state index contributed by atoms with van der Waals surface area (Å²) in [5.41, 5.74) is 7.08. The molecule has 2 aliphatic rings. The van der Waals surface area contributed by atoms with E-state index in [0.717, 1.165) is 5.56 Å². The summed E-state index contributed by atoms with van der Waals surface area (Å²) in [6, 6.07) is 5.36. The molecular weight excluding hydrogens is 194 g/mol. The van der Waals surface area contributed by atoms with Crippen molar-refractivity contribution in [3.8, 4) is 5.75 Å². The minimum Gasteiger partial charge on any atom is -0.492 e. The van der Waals surface area contributed by atoms with Crippen molar-refractivity contribution in [3.63, 3.8) is 0 Å². The average Bonchev–Trinajstić information content (AvgIpc) is 2.89. The van der Waals surface area contributed by atoms with Gasteiger partial charge < -0.3 is 15.6 Å². The molecule has 3 unspecified atom stereocenters. The van der Waals surface area contributed by atoms with Gasteiger partial charge in [0.05, 0.1) is 6.61 Å². The first-order chi connectivity index (χ1) is 7.20. The summed E-state index contributed by atoms with van der Waals surface area (Å²) in [6.07, 6.45) is 0. The summed E-state index contributed by atoms with van der Waals surface area (Å²) in [5, 5.41) is 9.00. The van der Waals surface area contributed by atoms with Gasteiger partial charge >= 0.3 is 5.97 Å². The van der Waals surface area contributed by atoms with E-state index < -0.39 is 5.97 Å². The van der Waals surface area contributed by atoms with Crippen LogP contribution in [-0.4, -0.2) is 23.7 Å². The summed E-state index contributed by atoms with van der Waals surface area (Å²) >= 11 is 0. The number of nitrogens with two attached hydrogens (primary N) is 1. The monoisotopic (exact) mass is 205 g/mol. The van der Waals surface area contributed by atoms with Crippen LogP contribution >= 0.6 is 0 Å². The zero-order chi connectivity index (χ0) is 10.6. The summed E-state index contributed by atoms with van der Waals surface area (Å²) in [6.45, 7) is 0.545. The lowest BCUT2D eigenvalue weighted by Crippen LogP contribution is -2.13. The Morgan fingerprint density at radius 2 is 2.33 bits per heavy atom. The minimum absolute atomic E-state index is 0.135. The number of hydrogen-bond acceptors (Lipinski definition) is 3. The number of rotatable bonds is 1. The van der Waals surface area contributed by atoms with Crippen LogP contribution in [0.25, 0.3) is 0 Å². The van der Waals surface area contributed by atoms with Gasteiger partial charge in [0.1, 0.15) is 11.3 Å². The first kappa shape index (κ1) is 8.73. The topological polar surface area (TPSA) is 72.5 Å². The molecule has 1 aliphatic carbocycles. The van der Waals surface area contributed by atoms with E-state index in [2.05, 4.69) is 0 Å². The molecule has 1 aliphatic heterocycles. The molecule has 0 amide bonds. The second kappa shape index (κ2) is 2.73. The predicted molar refractivity (Wildman–Crippen MR) is 53.1 cm³/mol. The fourth-order valence-corrected chi connectivity index (χ4v) is 2.38. The van der Waals surface area contributed by atoms with E-state index in [4.69, 9.17) is 15.6 Å². The van der Waals surface area contributed by atoms with Crippen molar-refractivity contribution >= 4 is 5.97 Å². The predicted octanol–water partition coefficient (Wildman–Crippen LogP) is 0.818. The number of hydrogen-bond donors (Lipinski definition) is 2. The Labute approximate surface area is 86.7 Å². The van der Waals surface area contributed by atoms with Crippen LogP contribution in [0.4, 0.5) is 0 Å². The smallest absolute Gasteiger partial charge is 0.339 e. The molecule has 0 bridgehead atoms. The van der Waals surface area contributed by atoms with Crippen LogP contribution in [0.1, 0.15) is 21.8 Å². The quantitative estimate of drug-likeness (QED) is 0.711. The number of ether oxygens (including phenoxy) is 1. The Bertz CT molecular complexity index is 443. The molecule has 3 rings (SSSR count). The summed E-state index contributed by atoms with van der Waals surface area (Å²) in [5.74, 6) is 0.244. The van der Waals surface area contributed by atoms with E-state index in [1.165, 1.54) is 0 Å². The molecule has 1 aromatic carbocycles. The Hall–Kier alpha value is -1.55. The second-order valence-corrected chi connectivity index (χ2v) is 4.11. The summed E-state index contributed by atoms with van der Waals surface area (Å²) in [7, 11) is 0. The molecule has 0 saturated heterocycles. The molecule has 1 fully saturated rings. The highest BCUT2D eigenvalue weighted by atomic mass is 16.5. The number of carbonyl (C=O) groups is 1. The Morgan fingerprint density at radius 1 is 1.53 bits per heavy atom. The second-order valence-electron chi connectivity index (χ2n) is 4.11. The van der Waals surface area contributed by atoms with E-state index in [-0.39, 0.29) is 11.6 Å². The molecule has 0 spiro atoms. The van der Waals surface area contributed by atoms with Gasteiger partial charge in [0.25, 0.3) is 0 Å². The van der Waals surface area contributed by atoms with E-state index in [9.17, 15) is 4.79 Å². The van der Waals surface area contributed by atoms with Gasteiger partial charge in [-0.2, -0.15) is 0 Å². The van der Waals surface area contributed by atoms with Crippen LogP contribution in [0.15, 0.2) is 18.2 Å². The maximum Gasteiger partial charge on any atom is 0.339 e. The van der Waals surface area contributed by atoms with E-state index >= 15 is 0 Å². The number of para-hydroxylation sites is 1. The van der Waals surface area contributed by atoms with Gasteiger partial charge in [-0.15, -0.1) is 0 Å². The number of carboxylic acid groups (broad SMARTS) is 1. The third-order valence-electron chi connectivity index (χ3n) is 3.28. The van der Waals surface area contributed by atoms with Crippen LogP contribution in [0.3, 0.4) is 0 Å². The van der Waals surface area contributed by atoms with Gasteiger partial charge in [-0.05, 0) is 6.07 Å². The van der Waals surface area contributed by atoms with E-state index in [1.54, 1.807) is 12.1 Å². The maximum atomic E-state index is 11.0. The van der Waals surface area contributed by atoms with Crippen molar-refractivity contribution in [2.75, 3.05) is 6.61 Å². The van der Waals surface area contributed by atoms with Gasteiger partial charge in [0.15, 0.2) is 0 Å². The molecule has 1 heterocycles. The van der Waals surface area contributed by atoms with Crippen LogP contribution in [0, 0.1) is 5.92 Å². The third-order valence-corrected chi connectivity index (χ3v) is 3.28. The Morgan fingerprint density at radius 3 is 3.07 bits per heavy atom. The molecule has 4 nitrogen and oxygen atoms in total. The molecule has 0 aromatic heterocycles. The Kier molecular flexibility index (Phi) is 1.59. The van der Waals surface area contributed by atoms with Gasteiger partial charge in [-0.1, -0.05) is 12.1 Å². The molecule has 1 aromatic rings. The van der Waals surface area contributed by atoms with Crippen molar-refractivity contribution < 1.29 is 14.6 Å². The SMILES string of the molecule is NC1C2COc3c(C(=O)O)cccc3C12. The zero-order valence-corrected chi connectivity index (χ0v) is 8.01. The average molecular weight is 205 g/mol. The van der Waals surface area contributed by atoms with E-state index in [0.29, 0.717) is 24.2 Å². The fourth-order valence-electron chi connectivity index (χ4n) is 2.38. The van der Waals surface area contributed by atoms with Crippen LogP contribution in [-0.2, 0) is 0 Å². The van der Waals surface area contributed by atoms with Gasteiger partial charge in [0.2, 0.25) is 0 Å². The lowest BCUT2D eigenvalue weighted by molar-refractivity contribution is 0.0691. The standard InChI is InChI=1S/C11H11NO3/c12-9-7-4-15-10-5(8(7)9)2-1-3-6(10)11(13)14/h1-3,7-9H,4,12H2,(H,13,14). The highest BCUT2D eigenvalue weighted by Gasteiger charge is 2.53. The fraction of sp³-hybridized carbons (Fsp3) is 0.364. The van der Waals surface area contributed by atoms with E-state index in [1.807, 2.05) is 6.07 Å². The lowest BCUT2D eigenvalue weighted by atomic mass is 10.0. The number of aromatic carboxylic acids is 1. The number of benzene rings is 1. The Balaban J connectivity index is 2.13. The summed E-state index contributed by atoms with van der Waals surface area (Å²) in [4.78, 5) is 11.0. The number of fused-ring (bicyclic) bond motifs is 3. The molecule has 0 radical (unpaired) electrons. The lowest BCUT2D eigenvalue weighted by Gasteiger charge is -2.17. The first-order valence-electron chi connectivity index (χ1n) is 4.94. The minimum atomic E-state index is -0.945. The molecular formula is C11H11NO3. The molecule has 78 valence electrons. The summed E-state index contributed by atoms with van der Waals surface area (Å²) < 4.78 is 5.48. The first-order valence-corrected chi connectivity index (χ1v) is 4.94. The molecule has 1 saturated carbocycles.